The molecule has 0 spiro atoms. The van der Waals surface area contributed by atoms with Crippen molar-refractivity contribution in [1.29, 1.82) is 5.41 Å². The number of nitrogens with one attached hydrogen (secondary N) is 1. The van der Waals surface area contributed by atoms with Crippen molar-refractivity contribution in [2.45, 2.75) is 0 Å². The predicted molar refractivity (Wildman–Crippen MR) is 85.9 cm³/mol. The molecule has 0 saturated heterocycles. The largest absolute Gasteiger partial charge is 0.506 e. The van der Waals surface area contributed by atoms with Crippen molar-refractivity contribution in [3.05, 3.63) is 63.0 Å². The van der Waals surface area contributed by atoms with Crippen molar-refractivity contribution in [3.63, 3.8) is 0 Å². The van der Waals surface area contributed by atoms with Crippen LogP contribution in [-0.2, 0) is 0 Å². The van der Waals surface area contributed by atoms with Gasteiger partial charge in [-0.2, -0.15) is 0 Å². The van der Waals surface area contributed by atoms with Crippen molar-refractivity contribution >= 4 is 50.3 Å². The molecular formula is C15H9Cl2NOS. The van der Waals surface area contributed by atoms with E-state index < -0.39 is 0 Å². The second kappa shape index (κ2) is 5.09. The van der Waals surface area contributed by atoms with Crippen molar-refractivity contribution in [3.8, 4) is 5.75 Å². The lowest BCUT2D eigenvalue weighted by atomic mass is 10.1. The molecule has 1 aromatic heterocycles. The first-order valence-corrected chi connectivity index (χ1v) is 7.40. The van der Waals surface area contributed by atoms with Gasteiger partial charge in [0.15, 0.2) is 0 Å². The van der Waals surface area contributed by atoms with E-state index in [0.717, 1.165) is 10.1 Å². The zero-order chi connectivity index (χ0) is 14.3. The third kappa shape index (κ3) is 2.18. The van der Waals surface area contributed by atoms with Crippen LogP contribution in [0.2, 0.25) is 10.0 Å². The lowest BCUT2D eigenvalue weighted by Gasteiger charge is -2.04. The quantitative estimate of drug-likeness (QED) is 0.615. The molecule has 2 nitrogen and oxygen atoms in total. The zero-order valence-electron chi connectivity index (χ0n) is 10.2. The zero-order valence-corrected chi connectivity index (χ0v) is 12.5. The van der Waals surface area contributed by atoms with Crippen LogP contribution in [0.1, 0.15) is 10.4 Å². The molecule has 0 aliphatic heterocycles. The summed E-state index contributed by atoms with van der Waals surface area (Å²) in [7, 11) is 0. The van der Waals surface area contributed by atoms with Crippen LogP contribution in [0.3, 0.4) is 0 Å². The van der Waals surface area contributed by atoms with Crippen LogP contribution in [0.5, 0.6) is 5.75 Å². The van der Waals surface area contributed by atoms with E-state index in [0.29, 0.717) is 20.5 Å². The van der Waals surface area contributed by atoms with Gasteiger partial charge in [0.1, 0.15) is 5.75 Å². The Morgan fingerprint density at radius 3 is 2.50 bits per heavy atom. The number of halogens is 2. The molecule has 0 bridgehead atoms. The lowest BCUT2D eigenvalue weighted by Crippen LogP contribution is -1.98. The summed E-state index contributed by atoms with van der Waals surface area (Å²) in [5.41, 5.74) is 0.864. The molecular weight excluding hydrogens is 313 g/mol. The smallest absolute Gasteiger partial charge is 0.143 e. The monoisotopic (exact) mass is 321 g/mol. The molecule has 5 heteroatoms. The summed E-state index contributed by atoms with van der Waals surface area (Å²) in [6, 6.07) is 12.5. The van der Waals surface area contributed by atoms with Gasteiger partial charge in [0.2, 0.25) is 0 Å². The Labute approximate surface area is 129 Å². The highest BCUT2D eigenvalue weighted by molar-refractivity contribution is 7.21. The molecule has 0 aliphatic carbocycles. The molecule has 20 heavy (non-hydrogen) atoms. The number of benzene rings is 2. The molecule has 100 valence electrons. The number of fused-ring (bicyclic) bond motifs is 1. The minimum Gasteiger partial charge on any atom is -0.506 e. The van der Waals surface area contributed by atoms with Gasteiger partial charge in [0.05, 0.1) is 20.6 Å². The van der Waals surface area contributed by atoms with Gasteiger partial charge in [0, 0.05) is 15.6 Å². The summed E-state index contributed by atoms with van der Waals surface area (Å²) in [4.78, 5) is 0.532. The van der Waals surface area contributed by atoms with Gasteiger partial charge in [-0.25, -0.2) is 0 Å². The van der Waals surface area contributed by atoms with Crippen LogP contribution in [-0.4, -0.2) is 10.8 Å². The molecule has 3 rings (SSSR count). The number of hydrogen-bond acceptors (Lipinski definition) is 3. The number of aromatic hydroxyl groups is 1. The third-order valence-corrected chi connectivity index (χ3v) is 4.92. The van der Waals surface area contributed by atoms with E-state index in [9.17, 15) is 5.11 Å². The number of rotatable bonds is 2. The topological polar surface area (TPSA) is 44.1 Å². The fourth-order valence-corrected chi connectivity index (χ4v) is 3.35. The average Bonchev–Trinajstić information content (AvgIpc) is 2.79. The molecule has 3 aromatic rings. The third-order valence-electron chi connectivity index (χ3n) is 3.00. The molecule has 0 atom stereocenters. The summed E-state index contributed by atoms with van der Waals surface area (Å²) in [5, 5.41) is 20.1. The highest BCUT2D eigenvalue weighted by Gasteiger charge is 2.16. The summed E-state index contributed by atoms with van der Waals surface area (Å²) in [6.07, 6.45) is 0. The second-order valence-electron chi connectivity index (χ2n) is 4.28. The average molecular weight is 322 g/mol. The first-order chi connectivity index (χ1) is 9.58. The summed E-state index contributed by atoms with van der Waals surface area (Å²) in [5.74, 6) is 0.140. The van der Waals surface area contributed by atoms with Crippen molar-refractivity contribution in [2.24, 2.45) is 0 Å². The van der Waals surface area contributed by atoms with Gasteiger partial charge in [-0.05, 0) is 24.3 Å². The SMILES string of the molecule is N=C(c1ccc(Cl)c(Cl)c1)c1sc2ccccc2c1O. The molecule has 0 amide bonds. The molecule has 2 N–H and O–H groups in total. The fourth-order valence-electron chi connectivity index (χ4n) is 1.98. The molecule has 0 unspecified atom stereocenters. The van der Waals surface area contributed by atoms with Gasteiger partial charge >= 0.3 is 0 Å². The maximum atomic E-state index is 10.3. The van der Waals surface area contributed by atoms with Crippen molar-refractivity contribution in [2.75, 3.05) is 0 Å². The van der Waals surface area contributed by atoms with Crippen LogP contribution in [0.15, 0.2) is 42.5 Å². The minimum absolute atomic E-state index is 0.140. The minimum atomic E-state index is 0.140. The standard InChI is InChI=1S/C15H9Cl2NOS/c16-10-6-5-8(7-11(10)17)13(18)15-14(19)9-3-1-2-4-12(9)20-15/h1-7,18-19H. The Kier molecular flexibility index (Phi) is 3.42. The summed E-state index contributed by atoms with van der Waals surface area (Å²) < 4.78 is 0.949. The van der Waals surface area contributed by atoms with Crippen LogP contribution >= 0.6 is 34.5 Å². The number of hydrogen-bond donors (Lipinski definition) is 2. The maximum Gasteiger partial charge on any atom is 0.143 e. The van der Waals surface area contributed by atoms with E-state index in [2.05, 4.69) is 0 Å². The van der Waals surface area contributed by atoms with E-state index in [1.807, 2.05) is 24.3 Å². The highest BCUT2D eigenvalue weighted by atomic mass is 35.5. The van der Waals surface area contributed by atoms with E-state index in [-0.39, 0.29) is 11.5 Å². The molecule has 0 fully saturated rings. The van der Waals surface area contributed by atoms with Gasteiger partial charge < -0.3 is 5.11 Å². The van der Waals surface area contributed by atoms with Crippen molar-refractivity contribution < 1.29 is 5.11 Å². The van der Waals surface area contributed by atoms with E-state index in [4.69, 9.17) is 28.6 Å². The van der Waals surface area contributed by atoms with E-state index in [1.165, 1.54) is 11.3 Å². The lowest BCUT2D eigenvalue weighted by molar-refractivity contribution is 0.482. The van der Waals surface area contributed by atoms with Gasteiger partial charge in [-0.15, -0.1) is 11.3 Å². The van der Waals surface area contributed by atoms with E-state index >= 15 is 0 Å². The molecule has 0 radical (unpaired) electrons. The molecule has 2 aromatic carbocycles. The fraction of sp³-hybridized carbons (Fsp3) is 0. The normalized spacial score (nSPS) is 10.9. The van der Waals surface area contributed by atoms with Crippen molar-refractivity contribution in [1.82, 2.24) is 0 Å². The van der Waals surface area contributed by atoms with Crippen LogP contribution < -0.4 is 0 Å². The van der Waals surface area contributed by atoms with Crippen LogP contribution in [0.25, 0.3) is 10.1 Å². The second-order valence-corrected chi connectivity index (χ2v) is 6.15. The van der Waals surface area contributed by atoms with Crippen LogP contribution in [0, 0.1) is 5.41 Å². The highest BCUT2D eigenvalue weighted by Crippen LogP contribution is 2.38. The molecule has 1 heterocycles. The summed E-state index contributed by atoms with van der Waals surface area (Å²) in [6.45, 7) is 0. The van der Waals surface area contributed by atoms with Crippen LogP contribution in [0.4, 0.5) is 0 Å². The molecule has 0 saturated carbocycles. The number of thiophene rings is 1. The van der Waals surface area contributed by atoms with Gasteiger partial charge in [-0.1, -0.05) is 41.4 Å². The van der Waals surface area contributed by atoms with E-state index in [1.54, 1.807) is 18.2 Å². The Bertz CT molecular complexity index is 826. The first-order valence-electron chi connectivity index (χ1n) is 5.83. The predicted octanol–water partition coefficient (Wildman–Crippen LogP) is 5.33. The maximum absolute atomic E-state index is 10.3. The Hall–Kier alpha value is -1.55. The van der Waals surface area contributed by atoms with Gasteiger partial charge in [-0.3, -0.25) is 5.41 Å². The summed E-state index contributed by atoms with van der Waals surface area (Å²) >= 11 is 13.2. The Morgan fingerprint density at radius 1 is 1.05 bits per heavy atom. The molecule has 0 aliphatic rings. The Morgan fingerprint density at radius 2 is 1.80 bits per heavy atom. The van der Waals surface area contributed by atoms with Gasteiger partial charge in [0.25, 0.3) is 0 Å². The first kappa shape index (κ1) is 13.4. The Balaban J connectivity index is 2.12.